The van der Waals surface area contributed by atoms with Gasteiger partial charge in [-0.2, -0.15) is 0 Å². The molecule has 1 saturated carbocycles. The highest BCUT2D eigenvalue weighted by Crippen LogP contribution is 2.35. The Morgan fingerprint density at radius 3 is 2.42 bits per heavy atom. The predicted octanol–water partition coefficient (Wildman–Crippen LogP) is 3.96. The molecule has 0 aromatic heterocycles. The van der Waals surface area contributed by atoms with Crippen LogP contribution in [0.1, 0.15) is 49.7 Å². The number of rotatable bonds is 3. The first kappa shape index (κ1) is 13.2. The number of hydrogen-bond donors (Lipinski definition) is 1. The van der Waals surface area contributed by atoms with Crippen LogP contribution in [0.2, 0.25) is 0 Å². The Balaban J connectivity index is 1.71. The maximum absolute atomic E-state index is 3.67. The molecule has 1 aromatic carbocycles. The van der Waals surface area contributed by atoms with Gasteiger partial charge in [-0.3, -0.25) is 0 Å². The molecule has 0 spiro atoms. The molecule has 1 heteroatoms. The topological polar surface area (TPSA) is 12.0 Å². The maximum Gasteiger partial charge on any atom is 0.0124 e. The Morgan fingerprint density at radius 1 is 0.947 bits per heavy atom. The van der Waals surface area contributed by atoms with Gasteiger partial charge < -0.3 is 5.32 Å². The molecule has 0 heterocycles. The zero-order valence-corrected chi connectivity index (χ0v) is 12.2. The summed E-state index contributed by atoms with van der Waals surface area (Å²) in [6.45, 7) is 0. The lowest BCUT2D eigenvalue weighted by atomic mass is 9.72. The highest BCUT2D eigenvalue weighted by Gasteiger charge is 2.31. The lowest BCUT2D eigenvalue weighted by Gasteiger charge is -2.38. The molecule has 1 fully saturated rings. The molecule has 2 unspecified atom stereocenters. The highest BCUT2D eigenvalue weighted by atomic mass is 14.9. The van der Waals surface area contributed by atoms with Crippen molar-refractivity contribution in [3.63, 3.8) is 0 Å². The van der Waals surface area contributed by atoms with Crippen molar-refractivity contribution >= 4 is 0 Å². The maximum atomic E-state index is 3.67. The van der Waals surface area contributed by atoms with Gasteiger partial charge in [0.2, 0.25) is 0 Å². The minimum Gasteiger partial charge on any atom is -0.316 e. The Labute approximate surface area is 117 Å². The van der Waals surface area contributed by atoms with Crippen molar-refractivity contribution in [2.75, 3.05) is 7.05 Å². The standard InChI is InChI=1S/C18H27N/c1-19-18(15-8-3-2-4-9-15)17-12-11-14-7-5-6-10-16(14)13-17/h5-7,10,15,17-19H,2-4,8-9,11-13H2,1H3. The van der Waals surface area contributed by atoms with E-state index < -0.39 is 0 Å². The third kappa shape index (κ3) is 2.86. The van der Waals surface area contributed by atoms with E-state index >= 15 is 0 Å². The summed E-state index contributed by atoms with van der Waals surface area (Å²) >= 11 is 0. The van der Waals surface area contributed by atoms with Gasteiger partial charge in [0.05, 0.1) is 0 Å². The van der Waals surface area contributed by atoms with E-state index in [4.69, 9.17) is 0 Å². The summed E-state index contributed by atoms with van der Waals surface area (Å²) in [6, 6.07) is 9.80. The van der Waals surface area contributed by atoms with Crippen LogP contribution in [0.3, 0.4) is 0 Å². The molecule has 104 valence electrons. The van der Waals surface area contributed by atoms with Crippen molar-refractivity contribution in [2.45, 2.75) is 57.4 Å². The summed E-state index contributed by atoms with van der Waals surface area (Å²) in [4.78, 5) is 0. The first-order valence-electron chi connectivity index (χ1n) is 8.12. The Morgan fingerprint density at radius 2 is 1.68 bits per heavy atom. The van der Waals surface area contributed by atoms with Gasteiger partial charge in [0.1, 0.15) is 0 Å². The van der Waals surface area contributed by atoms with Crippen LogP contribution in [-0.4, -0.2) is 13.1 Å². The molecule has 1 aromatic rings. The van der Waals surface area contributed by atoms with E-state index in [0.29, 0.717) is 0 Å². The van der Waals surface area contributed by atoms with Crippen LogP contribution in [0.5, 0.6) is 0 Å². The molecule has 1 nitrogen and oxygen atoms in total. The third-order valence-corrected chi connectivity index (χ3v) is 5.38. The van der Waals surface area contributed by atoms with Crippen LogP contribution in [0.4, 0.5) is 0 Å². The normalized spacial score (nSPS) is 25.8. The second-order valence-electron chi connectivity index (χ2n) is 6.48. The second-order valence-corrected chi connectivity index (χ2v) is 6.48. The molecule has 0 bridgehead atoms. The van der Waals surface area contributed by atoms with Gasteiger partial charge in [0.25, 0.3) is 0 Å². The van der Waals surface area contributed by atoms with Crippen molar-refractivity contribution in [1.82, 2.24) is 5.32 Å². The molecule has 1 N–H and O–H groups in total. The fourth-order valence-corrected chi connectivity index (χ4v) is 4.38. The fraction of sp³-hybridized carbons (Fsp3) is 0.667. The van der Waals surface area contributed by atoms with Crippen molar-refractivity contribution in [3.05, 3.63) is 35.4 Å². The van der Waals surface area contributed by atoms with Gasteiger partial charge in [0.15, 0.2) is 0 Å². The van der Waals surface area contributed by atoms with Crippen molar-refractivity contribution < 1.29 is 0 Å². The lowest BCUT2D eigenvalue weighted by Crippen LogP contribution is -2.43. The van der Waals surface area contributed by atoms with Gasteiger partial charge in [-0.15, -0.1) is 0 Å². The number of nitrogens with one attached hydrogen (secondary N) is 1. The lowest BCUT2D eigenvalue weighted by molar-refractivity contribution is 0.201. The van der Waals surface area contributed by atoms with E-state index in [-0.39, 0.29) is 0 Å². The van der Waals surface area contributed by atoms with Gasteiger partial charge in [-0.1, -0.05) is 43.5 Å². The van der Waals surface area contributed by atoms with Gasteiger partial charge in [-0.25, -0.2) is 0 Å². The van der Waals surface area contributed by atoms with E-state index in [1.807, 2.05) is 0 Å². The number of aryl methyl sites for hydroxylation is 1. The van der Waals surface area contributed by atoms with E-state index in [0.717, 1.165) is 17.9 Å². The van der Waals surface area contributed by atoms with Crippen LogP contribution in [0.25, 0.3) is 0 Å². The van der Waals surface area contributed by atoms with Gasteiger partial charge in [-0.05, 0) is 62.1 Å². The fourth-order valence-electron chi connectivity index (χ4n) is 4.38. The van der Waals surface area contributed by atoms with Crippen LogP contribution in [0.15, 0.2) is 24.3 Å². The monoisotopic (exact) mass is 257 g/mol. The van der Waals surface area contributed by atoms with Gasteiger partial charge >= 0.3 is 0 Å². The predicted molar refractivity (Wildman–Crippen MR) is 81.4 cm³/mol. The van der Waals surface area contributed by atoms with Crippen molar-refractivity contribution in [3.8, 4) is 0 Å². The van der Waals surface area contributed by atoms with Crippen molar-refractivity contribution in [1.29, 1.82) is 0 Å². The second kappa shape index (κ2) is 6.09. The largest absolute Gasteiger partial charge is 0.316 e. The highest BCUT2D eigenvalue weighted by molar-refractivity contribution is 5.30. The molecule has 0 saturated heterocycles. The molecular formula is C18H27N. The summed E-state index contributed by atoms with van der Waals surface area (Å²) in [5, 5.41) is 3.67. The summed E-state index contributed by atoms with van der Waals surface area (Å²) in [7, 11) is 2.18. The van der Waals surface area contributed by atoms with E-state index in [1.165, 1.54) is 51.4 Å². The summed E-state index contributed by atoms with van der Waals surface area (Å²) in [6.07, 6.45) is 11.2. The van der Waals surface area contributed by atoms with E-state index in [9.17, 15) is 0 Å². The number of fused-ring (bicyclic) bond motifs is 1. The van der Waals surface area contributed by atoms with E-state index in [2.05, 4.69) is 36.6 Å². The van der Waals surface area contributed by atoms with Crippen LogP contribution < -0.4 is 5.32 Å². The minimum atomic E-state index is 0.744. The van der Waals surface area contributed by atoms with Crippen molar-refractivity contribution in [2.24, 2.45) is 11.8 Å². The summed E-state index contributed by atoms with van der Waals surface area (Å²) < 4.78 is 0. The van der Waals surface area contributed by atoms with Gasteiger partial charge in [0, 0.05) is 6.04 Å². The Hall–Kier alpha value is -0.820. The quantitative estimate of drug-likeness (QED) is 0.864. The number of hydrogen-bond acceptors (Lipinski definition) is 1. The Kier molecular flexibility index (Phi) is 4.22. The van der Waals surface area contributed by atoms with Crippen LogP contribution in [0, 0.1) is 11.8 Å². The summed E-state index contributed by atoms with van der Waals surface area (Å²) in [5.74, 6) is 1.78. The molecule has 3 rings (SSSR count). The molecule has 2 aliphatic carbocycles. The van der Waals surface area contributed by atoms with Crippen LogP contribution >= 0.6 is 0 Å². The molecule has 2 atom stereocenters. The molecule has 0 radical (unpaired) electrons. The number of benzene rings is 1. The average molecular weight is 257 g/mol. The van der Waals surface area contributed by atoms with Crippen LogP contribution in [-0.2, 0) is 12.8 Å². The Bertz CT molecular complexity index is 406. The van der Waals surface area contributed by atoms with E-state index in [1.54, 1.807) is 11.1 Å². The molecule has 19 heavy (non-hydrogen) atoms. The minimum absolute atomic E-state index is 0.744. The third-order valence-electron chi connectivity index (χ3n) is 5.38. The molecule has 0 aliphatic heterocycles. The molecule has 0 amide bonds. The molecule has 2 aliphatic rings. The first-order chi connectivity index (χ1) is 9.38. The summed E-state index contributed by atoms with van der Waals surface area (Å²) in [5.41, 5.74) is 3.20. The zero-order chi connectivity index (χ0) is 13.1. The smallest absolute Gasteiger partial charge is 0.0124 e. The molecular weight excluding hydrogens is 230 g/mol. The first-order valence-corrected chi connectivity index (χ1v) is 8.12. The average Bonchev–Trinajstić information content (AvgIpc) is 2.49. The SMILES string of the molecule is CNC(C1CCCCC1)C1CCc2ccccc2C1. The zero-order valence-electron chi connectivity index (χ0n) is 12.2.